The summed E-state index contributed by atoms with van der Waals surface area (Å²) in [4.78, 5) is 2.42. The van der Waals surface area contributed by atoms with E-state index >= 15 is 0 Å². The van der Waals surface area contributed by atoms with E-state index < -0.39 is 0 Å². The van der Waals surface area contributed by atoms with Gasteiger partial charge in [0.1, 0.15) is 11.9 Å². The lowest BCUT2D eigenvalue weighted by Crippen LogP contribution is -2.54. The van der Waals surface area contributed by atoms with E-state index in [1.807, 2.05) is 24.3 Å². The van der Waals surface area contributed by atoms with Crippen molar-refractivity contribution >= 4 is 0 Å². The number of nitrogens with one attached hydrogen (secondary N) is 1. The van der Waals surface area contributed by atoms with Crippen LogP contribution >= 0.6 is 0 Å². The zero-order valence-corrected chi connectivity index (χ0v) is 20.7. The predicted molar refractivity (Wildman–Crippen MR) is 131 cm³/mol. The van der Waals surface area contributed by atoms with Crippen molar-refractivity contribution in [2.45, 2.75) is 38.8 Å². The highest BCUT2D eigenvalue weighted by atomic mass is 16.5. The number of aromatic hydroxyl groups is 1. The maximum atomic E-state index is 10.6. The first kappa shape index (κ1) is 24.3. The van der Waals surface area contributed by atoms with Crippen LogP contribution in [0.25, 0.3) is 22.4 Å². The number of nitrogens with zero attached hydrogens (tertiary/aromatic N) is 4. The molecule has 3 unspecified atom stereocenters. The summed E-state index contributed by atoms with van der Waals surface area (Å²) in [5.41, 5.74) is 3.91. The molecule has 34 heavy (non-hydrogen) atoms. The van der Waals surface area contributed by atoms with Crippen LogP contribution in [0.15, 0.2) is 42.7 Å². The third-order valence-corrected chi connectivity index (χ3v) is 7.59. The average Bonchev–Trinajstić information content (AvgIpc) is 3.37. The third kappa shape index (κ3) is 4.85. The fourth-order valence-corrected chi connectivity index (χ4v) is 4.83. The van der Waals surface area contributed by atoms with Crippen molar-refractivity contribution in [2.75, 3.05) is 33.9 Å². The Morgan fingerprint density at radius 1 is 1.18 bits per heavy atom. The van der Waals surface area contributed by atoms with Gasteiger partial charge in [-0.3, -0.25) is 5.10 Å². The molecule has 0 aliphatic carbocycles. The van der Waals surface area contributed by atoms with Crippen molar-refractivity contribution < 1.29 is 14.6 Å². The Morgan fingerprint density at radius 3 is 2.65 bits per heavy atom. The normalized spacial score (nSPS) is 21.4. The molecule has 3 atom stereocenters. The molecule has 0 saturated carbocycles. The molecule has 2 aromatic heterocycles. The van der Waals surface area contributed by atoms with Crippen LogP contribution in [0.1, 0.15) is 39.0 Å². The van der Waals surface area contributed by atoms with E-state index in [-0.39, 0.29) is 17.4 Å². The number of H-pyrrole nitrogens is 1. The Labute approximate surface area is 201 Å². The number of rotatable bonds is 8. The first-order valence-electron chi connectivity index (χ1n) is 11.8. The van der Waals surface area contributed by atoms with Crippen LogP contribution < -0.4 is 0 Å². The van der Waals surface area contributed by atoms with Gasteiger partial charge in [0.2, 0.25) is 0 Å². The van der Waals surface area contributed by atoms with E-state index in [2.05, 4.69) is 53.1 Å². The molecule has 0 radical (unpaired) electrons. The highest BCUT2D eigenvalue weighted by molar-refractivity contribution is 5.73. The summed E-state index contributed by atoms with van der Waals surface area (Å²) in [7, 11) is 3.87. The van der Waals surface area contributed by atoms with Crippen molar-refractivity contribution in [1.29, 1.82) is 0 Å². The fourth-order valence-electron chi connectivity index (χ4n) is 4.83. The lowest BCUT2D eigenvalue weighted by atomic mass is 9.70. The van der Waals surface area contributed by atoms with Crippen LogP contribution in [0.4, 0.5) is 0 Å². The highest BCUT2D eigenvalue weighted by Gasteiger charge is 2.43. The Hall–Kier alpha value is -2.81. The van der Waals surface area contributed by atoms with Crippen LogP contribution in [0.3, 0.4) is 0 Å². The standard InChI is InChI=1S/C26H35N5O3/c1-17-20(10-11-31(4)26(17,2)3)25(34-13-12-33-5)23-9-8-22(29-30-23)21-7-6-18(14-24(21)32)19-15-27-28-16-19/h6-9,14-17,20,25,32H,10-13H2,1-5H3,(H,27,28). The molecule has 8 heteroatoms. The molecule has 0 amide bonds. The number of hydrogen-bond acceptors (Lipinski definition) is 7. The second-order valence-corrected chi connectivity index (χ2v) is 9.66. The Balaban J connectivity index is 1.59. The number of phenols is 1. The molecule has 1 fully saturated rings. The molecule has 1 saturated heterocycles. The molecular formula is C26H35N5O3. The minimum atomic E-state index is -0.170. The van der Waals surface area contributed by atoms with Gasteiger partial charge in [-0.2, -0.15) is 15.3 Å². The van der Waals surface area contributed by atoms with Crippen LogP contribution in [-0.4, -0.2) is 69.9 Å². The van der Waals surface area contributed by atoms with Gasteiger partial charge in [0.25, 0.3) is 0 Å². The predicted octanol–water partition coefficient (Wildman–Crippen LogP) is 4.31. The van der Waals surface area contributed by atoms with Gasteiger partial charge < -0.3 is 19.5 Å². The van der Waals surface area contributed by atoms with E-state index in [9.17, 15) is 5.11 Å². The van der Waals surface area contributed by atoms with Crippen LogP contribution in [0, 0.1) is 11.8 Å². The van der Waals surface area contributed by atoms with E-state index in [1.165, 1.54) is 0 Å². The number of benzene rings is 1. The number of likely N-dealkylation sites (tertiary alicyclic amines) is 1. The molecule has 1 aliphatic rings. The summed E-state index contributed by atoms with van der Waals surface area (Å²) < 4.78 is 11.6. The van der Waals surface area contributed by atoms with Gasteiger partial charge in [-0.05, 0) is 75.5 Å². The Morgan fingerprint density at radius 2 is 2.00 bits per heavy atom. The minimum Gasteiger partial charge on any atom is -0.507 e. The maximum Gasteiger partial charge on any atom is 0.125 e. The minimum absolute atomic E-state index is 0.0572. The zero-order chi connectivity index (χ0) is 24.3. The van der Waals surface area contributed by atoms with E-state index in [1.54, 1.807) is 25.6 Å². The zero-order valence-electron chi connectivity index (χ0n) is 20.7. The number of methoxy groups -OCH3 is 1. The molecule has 182 valence electrons. The van der Waals surface area contributed by atoms with Crippen LogP contribution in [0.2, 0.25) is 0 Å². The maximum absolute atomic E-state index is 10.6. The molecule has 4 rings (SSSR count). The Bertz CT molecular complexity index is 1070. The molecule has 1 aliphatic heterocycles. The molecule has 2 N–H and O–H groups in total. The third-order valence-electron chi connectivity index (χ3n) is 7.59. The van der Waals surface area contributed by atoms with Crippen LogP contribution in [-0.2, 0) is 9.47 Å². The van der Waals surface area contributed by atoms with Crippen molar-refractivity contribution in [1.82, 2.24) is 25.3 Å². The van der Waals surface area contributed by atoms with E-state index in [0.717, 1.165) is 29.8 Å². The number of piperidine rings is 1. The molecule has 0 bridgehead atoms. The van der Waals surface area contributed by atoms with Gasteiger partial charge in [0.15, 0.2) is 0 Å². The monoisotopic (exact) mass is 465 g/mol. The number of aromatic nitrogens is 4. The highest BCUT2D eigenvalue weighted by Crippen LogP contribution is 2.43. The lowest BCUT2D eigenvalue weighted by molar-refractivity contribution is -0.0821. The second-order valence-electron chi connectivity index (χ2n) is 9.66. The summed E-state index contributed by atoms with van der Waals surface area (Å²) in [6, 6.07) is 9.40. The Kier molecular flexibility index (Phi) is 7.30. The van der Waals surface area contributed by atoms with E-state index in [4.69, 9.17) is 9.47 Å². The summed E-state index contributed by atoms with van der Waals surface area (Å²) in [5.74, 6) is 0.866. The summed E-state index contributed by atoms with van der Waals surface area (Å²) in [5, 5.41) is 26.4. The SMILES string of the molecule is COCCOC(c1ccc(-c2ccc(-c3cn[nH]c3)cc2O)nn1)C1CCN(C)C(C)(C)C1C. The summed E-state index contributed by atoms with van der Waals surface area (Å²) in [6.07, 6.45) is 4.37. The topological polar surface area (TPSA) is 96.4 Å². The number of hydrogen-bond donors (Lipinski definition) is 2. The van der Waals surface area contributed by atoms with Gasteiger partial charge in [-0.15, -0.1) is 0 Å². The van der Waals surface area contributed by atoms with Gasteiger partial charge in [0.05, 0.1) is 30.8 Å². The average molecular weight is 466 g/mol. The van der Waals surface area contributed by atoms with Crippen LogP contribution in [0.5, 0.6) is 5.75 Å². The smallest absolute Gasteiger partial charge is 0.125 e. The van der Waals surface area contributed by atoms with E-state index in [0.29, 0.717) is 36.3 Å². The van der Waals surface area contributed by atoms with Gasteiger partial charge >= 0.3 is 0 Å². The summed E-state index contributed by atoms with van der Waals surface area (Å²) in [6.45, 7) is 8.92. The molecule has 8 nitrogen and oxygen atoms in total. The molecule has 3 heterocycles. The second kappa shape index (κ2) is 10.2. The first-order valence-corrected chi connectivity index (χ1v) is 11.8. The van der Waals surface area contributed by atoms with Crippen molar-refractivity contribution in [3.8, 4) is 28.1 Å². The lowest BCUT2D eigenvalue weighted by Gasteiger charge is -2.50. The van der Waals surface area contributed by atoms with Gasteiger partial charge in [-0.25, -0.2) is 0 Å². The molecule has 3 aromatic rings. The molecule has 1 aromatic carbocycles. The fraction of sp³-hybridized carbons (Fsp3) is 0.500. The first-order chi connectivity index (χ1) is 16.3. The van der Waals surface area contributed by atoms with Gasteiger partial charge in [-0.1, -0.05) is 13.0 Å². The largest absolute Gasteiger partial charge is 0.507 e. The molecule has 0 spiro atoms. The number of ether oxygens (including phenoxy) is 2. The summed E-state index contributed by atoms with van der Waals surface area (Å²) >= 11 is 0. The van der Waals surface area contributed by atoms with Gasteiger partial charge in [0, 0.05) is 30.0 Å². The van der Waals surface area contributed by atoms with Crippen molar-refractivity contribution in [2.24, 2.45) is 11.8 Å². The number of aromatic amines is 1. The van der Waals surface area contributed by atoms with Crippen molar-refractivity contribution in [3.05, 3.63) is 48.4 Å². The number of phenolic OH excluding ortho intramolecular Hbond substituents is 1. The van der Waals surface area contributed by atoms with Crippen molar-refractivity contribution in [3.63, 3.8) is 0 Å². The quantitative estimate of drug-likeness (QED) is 0.479. The molecular weight excluding hydrogens is 430 g/mol.